The molecule has 3 rings (SSSR count). The van der Waals surface area contributed by atoms with Gasteiger partial charge in [-0.3, -0.25) is 9.69 Å². The van der Waals surface area contributed by atoms with Gasteiger partial charge in [0.2, 0.25) is 0 Å². The SMILES string of the molecule is Cn1ccnc1C(=O)N(CCCN1CCOCC1)C1CCOCC1. The summed E-state index contributed by atoms with van der Waals surface area (Å²) in [5.41, 5.74) is 0. The Labute approximate surface area is 143 Å². The largest absolute Gasteiger partial charge is 0.381 e. The predicted octanol–water partition coefficient (Wildman–Crippen LogP) is 0.764. The molecule has 2 aliphatic heterocycles. The number of ether oxygens (including phenoxy) is 2. The first kappa shape index (κ1) is 17.4. The van der Waals surface area contributed by atoms with Crippen LogP contribution in [0.2, 0.25) is 0 Å². The van der Waals surface area contributed by atoms with E-state index in [-0.39, 0.29) is 11.9 Å². The summed E-state index contributed by atoms with van der Waals surface area (Å²) in [6, 6.07) is 0.257. The first-order chi connectivity index (χ1) is 11.8. The number of rotatable bonds is 6. The molecule has 0 radical (unpaired) electrons. The van der Waals surface area contributed by atoms with Crippen molar-refractivity contribution in [2.75, 3.05) is 52.6 Å². The number of carbonyl (C=O) groups excluding carboxylic acids is 1. The van der Waals surface area contributed by atoms with Crippen LogP contribution >= 0.6 is 0 Å². The fourth-order valence-corrected chi connectivity index (χ4v) is 3.44. The molecule has 0 atom stereocenters. The Kier molecular flexibility index (Phi) is 6.23. The van der Waals surface area contributed by atoms with Crippen LogP contribution in [0.5, 0.6) is 0 Å². The number of aryl methyl sites for hydroxylation is 1. The van der Waals surface area contributed by atoms with Gasteiger partial charge in [-0.1, -0.05) is 0 Å². The summed E-state index contributed by atoms with van der Waals surface area (Å²) < 4.78 is 12.7. The van der Waals surface area contributed by atoms with Crippen LogP contribution in [0.3, 0.4) is 0 Å². The molecule has 7 heteroatoms. The minimum Gasteiger partial charge on any atom is -0.381 e. The van der Waals surface area contributed by atoms with Gasteiger partial charge in [0, 0.05) is 64.9 Å². The van der Waals surface area contributed by atoms with Crippen molar-refractivity contribution in [2.24, 2.45) is 7.05 Å². The summed E-state index contributed by atoms with van der Waals surface area (Å²) in [6.07, 6.45) is 6.31. The minimum absolute atomic E-state index is 0.0383. The lowest BCUT2D eigenvalue weighted by atomic mass is 10.1. The van der Waals surface area contributed by atoms with Crippen molar-refractivity contribution >= 4 is 5.91 Å². The Balaban J connectivity index is 1.60. The number of imidazole rings is 1. The molecule has 1 amide bonds. The van der Waals surface area contributed by atoms with Crippen molar-refractivity contribution in [3.8, 4) is 0 Å². The maximum absolute atomic E-state index is 13.0. The van der Waals surface area contributed by atoms with E-state index in [2.05, 4.69) is 9.88 Å². The molecule has 3 heterocycles. The van der Waals surface area contributed by atoms with Crippen molar-refractivity contribution < 1.29 is 14.3 Å². The first-order valence-electron chi connectivity index (χ1n) is 8.92. The zero-order chi connectivity index (χ0) is 16.8. The molecule has 134 valence electrons. The van der Waals surface area contributed by atoms with Gasteiger partial charge in [-0.05, 0) is 19.3 Å². The van der Waals surface area contributed by atoms with Gasteiger partial charge in [0.05, 0.1) is 13.2 Å². The second kappa shape index (κ2) is 8.60. The van der Waals surface area contributed by atoms with Gasteiger partial charge in [0.25, 0.3) is 5.91 Å². The quantitative estimate of drug-likeness (QED) is 0.768. The molecule has 0 N–H and O–H groups in total. The Bertz CT molecular complexity index is 522. The number of carbonyl (C=O) groups is 1. The van der Waals surface area contributed by atoms with Crippen LogP contribution in [0.4, 0.5) is 0 Å². The summed E-state index contributed by atoms with van der Waals surface area (Å²) in [5, 5.41) is 0. The molecule has 1 aromatic heterocycles. The lowest BCUT2D eigenvalue weighted by Crippen LogP contribution is -2.46. The Morgan fingerprint density at radius 1 is 1.25 bits per heavy atom. The molecule has 0 bridgehead atoms. The summed E-state index contributed by atoms with van der Waals surface area (Å²) in [6.45, 7) is 6.86. The van der Waals surface area contributed by atoms with Gasteiger partial charge in [0.1, 0.15) is 0 Å². The van der Waals surface area contributed by atoms with E-state index in [1.165, 1.54) is 0 Å². The second-order valence-corrected chi connectivity index (χ2v) is 6.51. The third-order valence-corrected chi connectivity index (χ3v) is 4.88. The topological polar surface area (TPSA) is 59.8 Å². The third kappa shape index (κ3) is 4.34. The van der Waals surface area contributed by atoms with Crippen LogP contribution in [0, 0.1) is 0 Å². The number of aromatic nitrogens is 2. The molecule has 0 aliphatic carbocycles. The molecule has 7 nitrogen and oxygen atoms in total. The van der Waals surface area contributed by atoms with Crippen molar-refractivity contribution in [3.63, 3.8) is 0 Å². The zero-order valence-electron chi connectivity index (χ0n) is 14.5. The standard InChI is InChI=1S/C17H28N4O3/c1-19-8-5-18-16(19)17(22)21(15-3-11-23-12-4-15)7-2-6-20-9-13-24-14-10-20/h5,8,15H,2-4,6-7,9-14H2,1H3. The van der Waals surface area contributed by atoms with E-state index in [1.807, 2.05) is 18.1 Å². The van der Waals surface area contributed by atoms with Crippen LogP contribution < -0.4 is 0 Å². The number of hydrogen-bond donors (Lipinski definition) is 0. The highest BCUT2D eigenvalue weighted by Crippen LogP contribution is 2.17. The number of amides is 1. The number of morpholine rings is 1. The van der Waals surface area contributed by atoms with Gasteiger partial charge in [-0.15, -0.1) is 0 Å². The third-order valence-electron chi connectivity index (χ3n) is 4.88. The average molecular weight is 336 g/mol. The molecule has 2 aliphatic rings. The van der Waals surface area contributed by atoms with Crippen LogP contribution in [-0.2, 0) is 16.5 Å². The van der Waals surface area contributed by atoms with E-state index >= 15 is 0 Å². The lowest BCUT2D eigenvalue weighted by Gasteiger charge is -2.35. The van der Waals surface area contributed by atoms with Crippen molar-refractivity contribution in [1.82, 2.24) is 19.4 Å². The molecule has 0 aromatic carbocycles. The van der Waals surface area contributed by atoms with Gasteiger partial charge >= 0.3 is 0 Å². The smallest absolute Gasteiger partial charge is 0.290 e. The van der Waals surface area contributed by atoms with Crippen molar-refractivity contribution in [1.29, 1.82) is 0 Å². The number of nitrogens with zero attached hydrogens (tertiary/aromatic N) is 4. The highest BCUT2D eigenvalue weighted by molar-refractivity contribution is 5.91. The predicted molar refractivity (Wildman–Crippen MR) is 90.0 cm³/mol. The highest BCUT2D eigenvalue weighted by Gasteiger charge is 2.28. The minimum atomic E-state index is 0.0383. The van der Waals surface area contributed by atoms with E-state index in [0.717, 1.165) is 71.9 Å². The van der Waals surface area contributed by atoms with Crippen LogP contribution in [0.1, 0.15) is 29.9 Å². The van der Waals surface area contributed by atoms with Gasteiger partial charge < -0.3 is 18.9 Å². The maximum atomic E-state index is 13.0. The lowest BCUT2D eigenvalue weighted by molar-refractivity contribution is 0.0216. The molecule has 1 aromatic rings. The summed E-state index contributed by atoms with van der Waals surface area (Å²) >= 11 is 0. The monoisotopic (exact) mass is 336 g/mol. The van der Waals surface area contributed by atoms with Gasteiger partial charge in [-0.2, -0.15) is 0 Å². The van der Waals surface area contributed by atoms with E-state index in [0.29, 0.717) is 5.82 Å². The van der Waals surface area contributed by atoms with Gasteiger partial charge in [0.15, 0.2) is 5.82 Å². The molecular weight excluding hydrogens is 308 g/mol. The van der Waals surface area contributed by atoms with E-state index < -0.39 is 0 Å². The molecule has 2 saturated heterocycles. The molecular formula is C17H28N4O3. The van der Waals surface area contributed by atoms with Crippen molar-refractivity contribution in [3.05, 3.63) is 18.2 Å². The summed E-state index contributed by atoms with van der Waals surface area (Å²) in [4.78, 5) is 21.7. The van der Waals surface area contributed by atoms with Gasteiger partial charge in [-0.25, -0.2) is 4.98 Å². The highest BCUT2D eigenvalue weighted by atomic mass is 16.5. The van der Waals surface area contributed by atoms with E-state index in [4.69, 9.17) is 9.47 Å². The maximum Gasteiger partial charge on any atom is 0.290 e. The Morgan fingerprint density at radius 2 is 1.96 bits per heavy atom. The molecule has 24 heavy (non-hydrogen) atoms. The van der Waals surface area contributed by atoms with E-state index in [9.17, 15) is 4.79 Å². The zero-order valence-corrected chi connectivity index (χ0v) is 14.5. The number of hydrogen-bond acceptors (Lipinski definition) is 5. The fraction of sp³-hybridized carbons (Fsp3) is 0.765. The van der Waals surface area contributed by atoms with Crippen molar-refractivity contribution in [2.45, 2.75) is 25.3 Å². The molecule has 2 fully saturated rings. The fourth-order valence-electron chi connectivity index (χ4n) is 3.44. The summed E-state index contributed by atoms with van der Waals surface area (Å²) in [7, 11) is 1.87. The first-order valence-corrected chi connectivity index (χ1v) is 8.92. The van der Waals surface area contributed by atoms with Crippen LogP contribution in [0.15, 0.2) is 12.4 Å². The van der Waals surface area contributed by atoms with E-state index in [1.54, 1.807) is 10.8 Å². The van der Waals surface area contributed by atoms with Crippen LogP contribution in [-0.4, -0.2) is 83.9 Å². The second-order valence-electron chi connectivity index (χ2n) is 6.51. The average Bonchev–Trinajstić information content (AvgIpc) is 3.06. The Hall–Kier alpha value is -1.44. The Morgan fingerprint density at radius 3 is 2.62 bits per heavy atom. The summed E-state index contributed by atoms with van der Waals surface area (Å²) in [5.74, 6) is 0.559. The normalized spacial score (nSPS) is 20.2. The molecule has 0 spiro atoms. The molecule has 0 saturated carbocycles. The van der Waals surface area contributed by atoms with Crippen LogP contribution in [0.25, 0.3) is 0 Å². The molecule has 0 unspecified atom stereocenters.